The number of thioether (sulfide) groups is 1. The van der Waals surface area contributed by atoms with Crippen molar-refractivity contribution in [3.63, 3.8) is 0 Å². The van der Waals surface area contributed by atoms with Gasteiger partial charge < -0.3 is 9.84 Å². The number of unbranched alkanes of at least 4 members (excludes halogenated alkanes) is 1. The Kier molecular flexibility index (Phi) is 10.5. The third kappa shape index (κ3) is 10.7. The fourth-order valence-corrected chi connectivity index (χ4v) is 3.39. The van der Waals surface area contributed by atoms with Crippen LogP contribution in [0.5, 0.6) is 0 Å². The SMILES string of the molecule is CCCCOCCS(=O)(=O)CCSCCO. The van der Waals surface area contributed by atoms with Gasteiger partial charge in [-0.2, -0.15) is 11.8 Å². The van der Waals surface area contributed by atoms with Crippen LogP contribution < -0.4 is 0 Å². The zero-order chi connectivity index (χ0) is 12.3. The van der Waals surface area contributed by atoms with Gasteiger partial charge in [0.25, 0.3) is 0 Å². The summed E-state index contributed by atoms with van der Waals surface area (Å²) in [4.78, 5) is 0. The fourth-order valence-electron chi connectivity index (χ4n) is 0.989. The zero-order valence-electron chi connectivity index (χ0n) is 9.85. The monoisotopic (exact) mass is 270 g/mol. The summed E-state index contributed by atoms with van der Waals surface area (Å²) >= 11 is 1.46. The van der Waals surface area contributed by atoms with Crippen LogP contribution in [0.25, 0.3) is 0 Å². The van der Waals surface area contributed by atoms with Crippen molar-refractivity contribution in [3.05, 3.63) is 0 Å². The van der Waals surface area contributed by atoms with Crippen LogP contribution in [-0.2, 0) is 14.6 Å². The molecule has 0 aliphatic heterocycles. The average molecular weight is 270 g/mol. The molecule has 0 aromatic carbocycles. The van der Waals surface area contributed by atoms with Gasteiger partial charge >= 0.3 is 0 Å². The van der Waals surface area contributed by atoms with E-state index in [0.717, 1.165) is 12.8 Å². The number of ether oxygens (including phenoxy) is 1. The van der Waals surface area contributed by atoms with E-state index < -0.39 is 9.84 Å². The molecule has 98 valence electrons. The van der Waals surface area contributed by atoms with Gasteiger partial charge in [-0.25, -0.2) is 8.42 Å². The minimum atomic E-state index is -2.98. The van der Waals surface area contributed by atoms with E-state index in [0.29, 0.717) is 24.7 Å². The summed E-state index contributed by atoms with van der Waals surface area (Å²) in [5.74, 6) is 1.44. The first-order chi connectivity index (χ1) is 7.62. The van der Waals surface area contributed by atoms with Crippen LogP contribution in [-0.4, -0.2) is 56.4 Å². The van der Waals surface area contributed by atoms with E-state index in [9.17, 15) is 8.42 Å². The lowest BCUT2D eigenvalue weighted by molar-refractivity contribution is 0.146. The quantitative estimate of drug-likeness (QED) is 0.566. The lowest BCUT2D eigenvalue weighted by Gasteiger charge is -2.05. The molecule has 16 heavy (non-hydrogen) atoms. The minimum Gasteiger partial charge on any atom is -0.396 e. The third-order valence-electron chi connectivity index (χ3n) is 1.96. The Bertz CT molecular complexity index is 239. The molecule has 0 bridgehead atoms. The predicted octanol–water partition coefficient (Wildman–Crippen LogP) is 0.943. The van der Waals surface area contributed by atoms with Gasteiger partial charge in [0, 0.05) is 18.1 Å². The van der Waals surface area contributed by atoms with Crippen molar-refractivity contribution in [1.82, 2.24) is 0 Å². The highest BCUT2D eigenvalue weighted by Crippen LogP contribution is 2.02. The summed E-state index contributed by atoms with van der Waals surface area (Å²) < 4.78 is 28.2. The fraction of sp³-hybridized carbons (Fsp3) is 1.00. The van der Waals surface area contributed by atoms with Crippen LogP contribution in [0.1, 0.15) is 19.8 Å². The molecule has 1 N–H and O–H groups in total. The van der Waals surface area contributed by atoms with Crippen molar-refractivity contribution < 1.29 is 18.3 Å². The van der Waals surface area contributed by atoms with Crippen LogP contribution in [0, 0.1) is 0 Å². The van der Waals surface area contributed by atoms with E-state index >= 15 is 0 Å². The van der Waals surface area contributed by atoms with Crippen molar-refractivity contribution in [2.24, 2.45) is 0 Å². The molecular formula is C10H22O4S2. The first kappa shape index (κ1) is 16.2. The van der Waals surface area contributed by atoms with Gasteiger partial charge in [-0.15, -0.1) is 0 Å². The number of hydrogen-bond acceptors (Lipinski definition) is 5. The Morgan fingerprint density at radius 2 is 1.94 bits per heavy atom. The van der Waals surface area contributed by atoms with Crippen molar-refractivity contribution in [1.29, 1.82) is 0 Å². The van der Waals surface area contributed by atoms with E-state index in [-0.39, 0.29) is 18.1 Å². The Hall–Kier alpha value is 0.220. The maximum Gasteiger partial charge on any atom is 0.153 e. The van der Waals surface area contributed by atoms with Crippen LogP contribution in [0.2, 0.25) is 0 Å². The lowest BCUT2D eigenvalue weighted by Crippen LogP contribution is -2.17. The molecular weight excluding hydrogens is 248 g/mol. The normalized spacial score (nSPS) is 11.9. The molecule has 0 aliphatic carbocycles. The maximum absolute atomic E-state index is 11.5. The highest BCUT2D eigenvalue weighted by atomic mass is 32.2. The number of hydrogen-bond donors (Lipinski definition) is 1. The van der Waals surface area contributed by atoms with Crippen LogP contribution in [0.3, 0.4) is 0 Å². The molecule has 4 nitrogen and oxygen atoms in total. The number of sulfone groups is 1. The van der Waals surface area contributed by atoms with Crippen LogP contribution in [0.4, 0.5) is 0 Å². The average Bonchev–Trinajstić information content (AvgIpc) is 2.24. The maximum atomic E-state index is 11.5. The predicted molar refractivity (Wildman–Crippen MR) is 68.8 cm³/mol. The highest BCUT2D eigenvalue weighted by Gasteiger charge is 2.09. The molecule has 0 amide bonds. The molecule has 0 aromatic heterocycles. The van der Waals surface area contributed by atoms with Crippen LogP contribution in [0.15, 0.2) is 0 Å². The highest BCUT2D eigenvalue weighted by molar-refractivity contribution is 8.00. The molecule has 0 saturated carbocycles. The smallest absolute Gasteiger partial charge is 0.153 e. The molecule has 0 fully saturated rings. The summed E-state index contributed by atoms with van der Waals surface area (Å²) in [5.41, 5.74) is 0. The van der Waals surface area contributed by atoms with Crippen molar-refractivity contribution >= 4 is 21.6 Å². The number of aliphatic hydroxyl groups excluding tert-OH is 1. The standard InChI is InChI=1S/C10H22O4S2/c1-2-3-5-14-6-9-16(12,13)10-8-15-7-4-11/h11H,2-10H2,1H3. The molecule has 6 heteroatoms. The summed E-state index contributed by atoms with van der Waals surface area (Å²) in [7, 11) is -2.98. The summed E-state index contributed by atoms with van der Waals surface area (Å²) in [6.45, 7) is 3.11. The Morgan fingerprint density at radius 3 is 2.56 bits per heavy atom. The molecule has 0 saturated heterocycles. The van der Waals surface area contributed by atoms with Gasteiger partial charge in [0.1, 0.15) is 0 Å². The molecule has 0 aromatic rings. The number of rotatable bonds is 11. The van der Waals surface area contributed by atoms with Gasteiger partial charge in [-0.1, -0.05) is 13.3 Å². The second-order valence-corrected chi connectivity index (χ2v) is 6.98. The van der Waals surface area contributed by atoms with E-state index in [4.69, 9.17) is 9.84 Å². The van der Waals surface area contributed by atoms with Gasteiger partial charge in [0.2, 0.25) is 0 Å². The third-order valence-corrected chi connectivity index (χ3v) is 4.79. The van der Waals surface area contributed by atoms with E-state index in [1.54, 1.807) is 0 Å². The first-order valence-electron chi connectivity index (χ1n) is 5.59. The van der Waals surface area contributed by atoms with Crippen molar-refractivity contribution in [2.75, 3.05) is 42.8 Å². The minimum absolute atomic E-state index is 0.102. The van der Waals surface area contributed by atoms with Gasteiger partial charge in [0.05, 0.1) is 24.7 Å². The molecule has 0 aliphatic rings. The van der Waals surface area contributed by atoms with Crippen LogP contribution >= 0.6 is 11.8 Å². The molecule has 0 radical (unpaired) electrons. The molecule has 0 heterocycles. The summed E-state index contributed by atoms with van der Waals surface area (Å²) in [5, 5.41) is 8.53. The Morgan fingerprint density at radius 1 is 1.19 bits per heavy atom. The Balaban J connectivity index is 3.47. The van der Waals surface area contributed by atoms with Gasteiger partial charge in [-0.3, -0.25) is 0 Å². The summed E-state index contributed by atoms with van der Waals surface area (Å²) in [6.07, 6.45) is 2.04. The van der Waals surface area contributed by atoms with E-state index in [2.05, 4.69) is 6.92 Å². The van der Waals surface area contributed by atoms with Gasteiger partial charge in [0.15, 0.2) is 9.84 Å². The Labute approximate surface area is 103 Å². The first-order valence-corrected chi connectivity index (χ1v) is 8.56. The molecule has 0 spiro atoms. The molecule has 0 unspecified atom stereocenters. The van der Waals surface area contributed by atoms with Crippen molar-refractivity contribution in [2.45, 2.75) is 19.8 Å². The van der Waals surface area contributed by atoms with E-state index in [1.165, 1.54) is 11.8 Å². The second-order valence-electron chi connectivity index (χ2n) is 3.45. The second kappa shape index (κ2) is 10.4. The topological polar surface area (TPSA) is 63.6 Å². The van der Waals surface area contributed by atoms with Crippen molar-refractivity contribution in [3.8, 4) is 0 Å². The molecule has 0 atom stereocenters. The largest absolute Gasteiger partial charge is 0.396 e. The zero-order valence-corrected chi connectivity index (χ0v) is 11.5. The summed E-state index contributed by atoms with van der Waals surface area (Å²) in [6, 6.07) is 0. The molecule has 0 rings (SSSR count). The van der Waals surface area contributed by atoms with E-state index in [1.807, 2.05) is 0 Å². The van der Waals surface area contributed by atoms with Gasteiger partial charge in [-0.05, 0) is 6.42 Å². The lowest BCUT2D eigenvalue weighted by atomic mass is 10.4. The number of aliphatic hydroxyl groups is 1.